The van der Waals surface area contributed by atoms with E-state index in [-0.39, 0.29) is 11.8 Å². The summed E-state index contributed by atoms with van der Waals surface area (Å²) in [4.78, 5) is 17.6. The van der Waals surface area contributed by atoms with Gasteiger partial charge in [-0.2, -0.15) is 5.10 Å². The lowest BCUT2D eigenvalue weighted by atomic mass is 9.91. The average molecular weight is 474 g/mol. The van der Waals surface area contributed by atoms with E-state index in [2.05, 4.69) is 44.8 Å². The predicted molar refractivity (Wildman–Crippen MR) is 135 cm³/mol. The highest BCUT2D eigenvalue weighted by atomic mass is 32.1. The molecule has 2 unspecified atom stereocenters. The molecule has 1 amide bonds. The molecule has 0 bridgehead atoms. The van der Waals surface area contributed by atoms with Crippen molar-refractivity contribution in [1.29, 1.82) is 0 Å². The molecule has 0 aliphatic heterocycles. The molecule has 5 aromatic rings. The molecule has 33 heavy (non-hydrogen) atoms. The van der Waals surface area contributed by atoms with Crippen LogP contribution in [0.3, 0.4) is 0 Å². The van der Waals surface area contributed by atoms with Crippen LogP contribution in [0.25, 0.3) is 21.6 Å². The summed E-state index contributed by atoms with van der Waals surface area (Å²) in [5.74, 6) is 0.576. The summed E-state index contributed by atoms with van der Waals surface area (Å²) in [7, 11) is 0. The number of carbonyl (C=O) groups is 1. The quantitative estimate of drug-likeness (QED) is 0.267. The van der Waals surface area contributed by atoms with E-state index in [9.17, 15) is 4.79 Å². The van der Waals surface area contributed by atoms with Crippen molar-refractivity contribution in [1.82, 2.24) is 25.1 Å². The smallest absolute Gasteiger partial charge is 0.242 e. The van der Waals surface area contributed by atoms with Gasteiger partial charge >= 0.3 is 0 Å². The van der Waals surface area contributed by atoms with Crippen LogP contribution in [0.2, 0.25) is 0 Å². The number of hydrogen-bond acceptors (Lipinski definition) is 4. The number of nitrogens with one attached hydrogen (secondary N) is 3. The van der Waals surface area contributed by atoms with Crippen LogP contribution in [0.4, 0.5) is 0 Å². The summed E-state index contributed by atoms with van der Waals surface area (Å²) >= 11 is 7.00. The van der Waals surface area contributed by atoms with E-state index in [0.29, 0.717) is 17.1 Å². The third kappa shape index (κ3) is 4.15. The second kappa shape index (κ2) is 9.17. The highest BCUT2D eigenvalue weighted by Crippen LogP contribution is 2.31. The molecule has 5 rings (SSSR count). The van der Waals surface area contributed by atoms with Crippen molar-refractivity contribution < 1.29 is 4.79 Å². The molecular formula is C25H23N5OS2. The first kappa shape index (κ1) is 21.4. The molecule has 0 aliphatic carbocycles. The highest BCUT2D eigenvalue weighted by molar-refractivity contribution is 7.71. The fourth-order valence-corrected chi connectivity index (χ4v) is 5.19. The summed E-state index contributed by atoms with van der Waals surface area (Å²) < 4.78 is 2.21. The van der Waals surface area contributed by atoms with Crippen LogP contribution in [-0.2, 0) is 4.79 Å². The lowest BCUT2D eigenvalue weighted by Gasteiger charge is -2.21. The zero-order valence-electron chi connectivity index (χ0n) is 18.0. The van der Waals surface area contributed by atoms with Gasteiger partial charge in [-0.15, -0.1) is 11.3 Å². The third-order valence-corrected chi connectivity index (χ3v) is 7.05. The van der Waals surface area contributed by atoms with Gasteiger partial charge in [0.25, 0.3) is 0 Å². The summed E-state index contributed by atoms with van der Waals surface area (Å²) in [5.41, 5.74) is 3.39. The Morgan fingerprint density at radius 2 is 1.91 bits per heavy atom. The maximum atomic E-state index is 13.3. The number of thiophene rings is 1. The minimum atomic E-state index is -0.507. The molecule has 166 valence electrons. The van der Waals surface area contributed by atoms with Gasteiger partial charge in [-0.05, 0) is 47.8 Å². The van der Waals surface area contributed by atoms with Crippen molar-refractivity contribution in [2.75, 3.05) is 6.54 Å². The second-order valence-electron chi connectivity index (χ2n) is 7.87. The highest BCUT2D eigenvalue weighted by Gasteiger charge is 2.24. The van der Waals surface area contributed by atoms with Crippen LogP contribution in [-0.4, -0.2) is 32.2 Å². The maximum Gasteiger partial charge on any atom is 0.242 e. The minimum absolute atomic E-state index is 0.00703. The van der Waals surface area contributed by atoms with Crippen LogP contribution in [0, 0.1) is 4.77 Å². The summed E-state index contributed by atoms with van der Waals surface area (Å²) in [6.45, 7) is 2.31. The Balaban J connectivity index is 1.42. The van der Waals surface area contributed by atoms with Crippen molar-refractivity contribution in [3.63, 3.8) is 0 Å². The Morgan fingerprint density at radius 1 is 1.12 bits per heavy atom. The lowest BCUT2D eigenvalue weighted by Crippen LogP contribution is -2.34. The van der Waals surface area contributed by atoms with Crippen molar-refractivity contribution in [3.8, 4) is 10.7 Å². The molecule has 3 N–H and O–H groups in total. The normalized spacial score (nSPS) is 13.1. The molecular weight excluding hydrogens is 450 g/mol. The molecule has 6 nitrogen and oxygen atoms in total. The number of nitrogens with zero attached hydrogens (tertiary/aromatic N) is 2. The Morgan fingerprint density at radius 3 is 2.70 bits per heavy atom. The van der Waals surface area contributed by atoms with E-state index < -0.39 is 6.04 Å². The molecule has 0 spiro atoms. The Bertz CT molecular complexity index is 1430. The fraction of sp³-hybridized carbons (Fsp3) is 0.160. The van der Waals surface area contributed by atoms with Crippen LogP contribution in [0.5, 0.6) is 0 Å². The number of para-hydroxylation sites is 1. The van der Waals surface area contributed by atoms with Crippen molar-refractivity contribution in [2.45, 2.75) is 18.9 Å². The molecule has 0 aliphatic rings. The maximum absolute atomic E-state index is 13.3. The molecule has 8 heteroatoms. The van der Waals surface area contributed by atoms with Gasteiger partial charge in [-0.1, -0.05) is 54.6 Å². The van der Waals surface area contributed by atoms with Crippen LogP contribution < -0.4 is 5.32 Å². The first-order valence-electron chi connectivity index (χ1n) is 10.7. The van der Waals surface area contributed by atoms with Gasteiger partial charge in [0, 0.05) is 29.6 Å². The first-order chi connectivity index (χ1) is 16.1. The van der Waals surface area contributed by atoms with Gasteiger partial charge in [-0.25, -0.2) is 0 Å². The zero-order chi connectivity index (χ0) is 22.8. The number of hydrogen-bond donors (Lipinski definition) is 3. The third-order valence-electron chi connectivity index (χ3n) is 5.89. The van der Waals surface area contributed by atoms with Crippen LogP contribution in [0.15, 0.2) is 78.3 Å². The van der Waals surface area contributed by atoms with Gasteiger partial charge in [0.15, 0.2) is 10.6 Å². The first-order valence-corrected chi connectivity index (χ1v) is 12.0. The zero-order valence-corrected chi connectivity index (χ0v) is 19.6. The monoisotopic (exact) mass is 473 g/mol. The fourth-order valence-electron chi connectivity index (χ4n) is 4.19. The number of aromatic amines is 2. The van der Waals surface area contributed by atoms with E-state index in [1.165, 1.54) is 0 Å². The number of carbonyl (C=O) groups excluding carboxylic acids is 1. The number of aromatic nitrogens is 4. The van der Waals surface area contributed by atoms with Crippen LogP contribution >= 0.6 is 23.6 Å². The molecule has 0 saturated carbocycles. The summed E-state index contributed by atoms with van der Waals surface area (Å²) in [6.07, 6.45) is 2.04. The molecule has 0 saturated heterocycles. The molecule has 2 atom stereocenters. The summed E-state index contributed by atoms with van der Waals surface area (Å²) in [6, 6.07) is 21.9. The molecule has 3 heterocycles. The van der Waals surface area contributed by atoms with Crippen molar-refractivity contribution in [3.05, 3.63) is 94.2 Å². The minimum Gasteiger partial charge on any atom is -0.361 e. The predicted octanol–water partition coefficient (Wildman–Crippen LogP) is 5.66. The van der Waals surface area contributed by atoms with Gasteiger partial charge in [0.1, 0.15) is 6.04 Å². The molecule has 0 radical (unpaired) electrons. The van der Waals surface area contributed by atoms with Crippen LogP contribution in [0.1, 0.15) is 30.0 Å². The molecule has 3 aromatic heterocycles. The number of H-pyrrole nitrogens is 2. The Kier molecular flexibility index (Phi) is 5.93. The largest absolute Gasteiger partial charge is 0.361 e. The Labute approximate surface area is 200 Å². The van der Waals surface area contributed by atoms with E-state index >= 15 is 0 Å². The van der Waals surface area contributed by atoms with Crippen molar-refractivity contribution in [2.24, 2.45) is 0 Å². The number of rotatable bonds is 7. The van der Waals surface area contributed by atoms with E-state index in [1.54, 1.807) is 15.9 Å². The number of fused-ring (bicyclic) bond motifs is 1. The van der Waals surface area contributed by atoms with Gasteiger partial charge in [0.05, 0.1) is 4.88 Å². The second-order valence-corrected chi connectivity index (χ2v) is 9.21. The topological polar surface area (TPSA) is 78.5 Å². The van der Waals surface area contributed by atoms with Gasteiger partial charge < -0.3 is 10.3 Å². The number of benzene rings is 2. The SMILES string of the molecule is CC(C(=O)NCC(c1ccccc1)c1c[nH]c2ccccc12)n1c(-c2cccs2)n[nH]c1=S. The van der Waals surface area contributed by atoms with Gasteiger partial charge in [0.2, 0.25) is 5.91 Å². The van der Waals surface area contributed by atoms with E-state index in [0.717, 1.165) is 26.9 Å². The van der Waals surface area contributed by atoms with E-state index in [4.69, 9.17) is 12.2 Å². The molecule has 0 fully saturated rings. The average Bonchev–Trinajstić information content (AvgIpc) is 3.59. The molecule has 2 aromatic carbocycles. The lowest BCUT2D eigenvalue weighted by molar-refractivity contribution is -0.123. The van der Waals surface area contributed by atoms with E-state index in [1.807, 2.05) is 61.0 Å². The standard InChI is InChI=1S/C25H23N5OS2/c1-16(30-23(28-29-25(30)32)22-12-7-13-33-22)24(31)27-14-19(17-8-3-2-4-9-17)20-15-26-21-11-6-5-10-18(20)21/h2-13,15-16,19,26H,14H2,1H3,(H,27,31)(H,29,32). The Hall–Kier alpha value is -3.49. The number of amides is 1. The van der Waals surface area contributed by atoms with Crippen molar-refractivity contribution >= 4 is 40.4 Å². The van der Waals surface area contributed by atoms with Gasteiger partial charge in [-0.3, -0.25) is 14.5 Å². The summed E-state index contributed by atoms with van der Waals surface area (Å²) in [5, 5.41) is 13.5.